The van der Waals surface area contributed by atoms with Gasteiger partial charge in [0.15, 0.2) is 0 Å². The predicted molar refractivity (Wildman–Crippen MR) is 49.8 cm³/mol. The number of aliphatic hydroxyl groups is 1. The molecule has 14 heavy (non-hydrogen) atoms. The summed E-state index contributed by atoms with van der Waals surface area (Å²) in [6.07, 6.45) is -1.57. The summed E-state index contributed by atoms with van der Waals surface area (Å²) < 4.78 is 9.29. The number of aliphatic hydroxyl groups excluding tert-OH is 1. The molecular weight excluding hydrogens is 184 g/mol. The van der Waals surface area contributed by atoms with Crippen LogP contribution in [0.15, 0.2) is 24.3 Å². The van der Waals surface area contributed by atoms with Crippen molar-refractivity contribution in [3.8, 4) is 5.75 Å². The summed E-state index contributed by atoms with van der Waals surface area (Å²) in [6.45, 7) is 1.82. The molecule has 0 amide bonds. The molecule has 0 fully saturated rings. The molecule has 1 atom stereocenters. The first kappa shape index (κ1) is 10.5. The summed E-state index contributed by atoms with van der Waals surface area (Å²) in [4.78, 5) is 10.8. The number of hydrogen-bond acceptors (Lipinski definition) is 4. The van der Waals surface area contributed by atoms with Crippen LogP contribution in [-0.2, 0) is 9.53 Å². The third-order valence-electron chi connectivity index (χ3n) is 1.74. The van der Waals surface area contributed by atoms with Gasteiger partial charge < -0.3 is 14.6 Å². The lowest BCUT2D eigenvalue weighted by molar-refractivity contribution is -0.165. The zero-order valence-electron chi connectivity index (χ0n) is 8.06. The van der Waals surface area contributed by atoms with E-state index >= 15 is 0 Å². The van der Waals surface area contributed by atoms with Gasteiger partial charge in [-0.3, -0.25) is 0 Å². The van der Waals surface area contributed by atoms with Crippen molar-refractivity contribution >= 4 is 5.97 Å². The Labute approximate surface area is 82.1 Å². The Morgan fingerprint density at radius 1 is 1.43 bits per heavy atom. The van der Waals surface area contributed by atoms with Crippen molar-refractivity contribution in [2.24, 2.45) is 0 Å². The highest BCUT2D eigenvalue weighted by molar-refractivity contribution is 5.73. The first-order valence-electron chi connectivity index (χ1n) is 4.13. The third-order valence-corrected chi connectivity index (χ3v) is 1.74. The largest absolute Gasteiger partial charge is 0.464 e. The predicted octanol–water partition coefficient (Wildman–Crippen LogP) is 0.865. The summed E-state index contributed by atoms with van der Waals surface area (Å²) in [5.74, 6) is -0.348. The van der Waals surface area contributed by atoms with E-state index in [-0.39, 0.29) is 0 Å². The second-order valence-corrected chi connectivity index (χ2v) is 2.76. The Hall–Kier alpha value is -1.55. The van der Waals surface area contributed by atoms with Crippen molar-refractivity contribution in [2.45, 2.75) is 13.2 Å². The number of para-hydroxylation sites is 1. The average Bonchev–Trinajstić information content (AvgIpc) is 2.20. The maximum atomic E-state index is 10.8. The highest BCUT2D eigenvalue weighted by atomic mass is 16.6. The van der Waals surface area contributed by atoms with Crippen LogP contribution in [0.2, 0.25) is 0 Å². The molecule has 0 saturated carbocycles. The molecule has 0 saturated heterocycles. The van der Waals surface area contributed by atoms with Crippen LogP contribution in [0.25, 0.3) is 0 Å². The molecule has 0 radical (unpaired) electrons. The first-order valence-corrected chi connectivity index (χ1v) is 4.13. The van der Waals surface area contributed by atoms with E-state index in [1.807, 2.05) is 19.1 Å². The van der Waals surface area contributed by atoms with Crippen LogP contribution in [0.1, 0.15) is 5.56 Å². The SMILES string of the molecule is COC(=O)C(O)Oc1ccccc1C. The molecule has 0 aromatic heterocycles. The summed E-state index contributed by atoms with van der Waals surface area (Å²) >= 11 is 0. The highest BCUT2D eigenvalue weighted by Crippen LogP contribution is 2.17. The van der Waals surface area contributed by atoms with Gasteiger partial charge in [0.25, 0.3) is 6.29 Å². The number of carbonyl (C=O) groups is 1. The van der Waals surface area contributed by atoms with Crippen LogP contribution in [0.4, 0.5) is 0 Å². The number of esters is 1. The van der Waals surface area contributed by atoms with E-state index in [1.54, 1.807) is 12.1 Å². The lowest BCUT2D eigenvalue weighted by atomic mass is 10.2. The van der Waals surface area contributed by atoms with Crippen LogP contribution in [-0.4, -0.2) is 24.5 Å². The Morgan fingerprint density at radius 3 is 2.64 bits per heavy atom. The minimum atomic E-state index is -1.57. The first-order chi connectivity index (χ1) is 6.65. The number of rotatable bonds is 3. The molecule has 1 aromatic rings. The number of aryl methyl sites for hydroxylation is 1. The standard InChI is InChI=1S/C10H12O4/c1-7-5-3-4-6-8(7)14-10(12)9(11)13-2/h3-6,10,12H,1-2H3. The molecule has 0 bridgehead atoms. The fraction of sp³-hybridized carbons (Fsp3) is 0.300. The van der Waals surface area contributed by atoms with E-state index in [9.17, 15) is 9.90 Å². The van der Waals surface area contributed by atoms with E-state index in [2.05, 4.69) is 4.74 Å². The van der Waals surface area contributed by atoms with Gasteiger partial charge in [-0.05, 0) is 18.6 Å². The molecule has 1 rings (SSSR count). The van der Waals surface area contributed by atoms with Crippen LogP contribution in [0.5, 0.6) is 5.75 Å². The Kier molecular flexibility index (Phi) is 3.48. The van der Waals surface area contributed by atoms with E-state index in [0.29, 0.717) is 5.75 Å². The van der Waals surface area contributed by atoms with Crippen molar-refractivity contribution in [1.82, 2.24) is 0 Å². The monoisotopic (exact) mass is 196 g/mol. The second-order valence-electron chi connectivity index (χ2n) is 2.76. The van der Waals surface area contributed by atoms with Gasteiger partial charge >= 0.3 is 5.97 Å². The lowest BCUT2D eigenvalue weighted by Gasteiger charge is -2.12. The van der Waals surface area contributed by atoms with Crippen molar-refractivity contribution in [3.05, 3.63) is 29.8 Å². The lowest BCUT2D eigenvalue weighted by Crippen LogP contribution is -2.28. The fourth-order valence-corrected chi connectivity index (χ4v) is 0.958. The molecule has 76 valence electrons. The summed E-state index contributed by atoms with van der Waals surface area (Å²) in [5, 5.41) is 9.20. The van der Waals surface area contributed by atoms with Gasteiger partial charge in [-0.15, -0.1) is 0 Å². The molecule has 0 spiro atoms. The number of benzene rings is 1. The van der Waals surface area contributed by atoms with Crippen LogP contribution in [0, 0.1) is 6.92 Å². The van der Waals surface area contributed by atoms with Crippen molar-refractivity contribution in [2.75, 3.05) is 7.11 Å². The van der Waals surface area contributed by atoms with Gasteiger partial charge in [0, 0.05) is 0 Å². The highest BCUT2D eigenvalue weighted by Gasteiger charge is 2.17. The summed E-state index contributed by atoms with van der Waals surface area (Å²) in [7, 11) is 1.19. The Bertz CT molecular complexity index is 322. The van der Waals surface area contributed by atoms with Gasteiger partial charge in [-0.2, -0.15) is 0 Å². The molecular formula is C10H12O4. The van der Waals surface area contributed by atoms with E-state index in [1.165, 1.54) is 7.11 Å². The molecule has 0 aliphatic rings. The third kappa shape index (κ3) is 2.47. The maximum Gasteiger partial charge on any atom is 0.375 e. The number of carbonyl (C=O) groups excluding carboxylic acids is 1. The van der Waals surface area contributed by atoms with Gasteiger partial charge in [0.05, 0.1) is 7.11 Å². The smallest absolute Gasteiger partial charge is 0.375 e. The summed E-state index contributed by atoms with van der Waals surface area (Å²) in [6, 6.07) is 7.08. The molecule has 1 aromatic carbocycles. The minimum absolute atomic E-state index is 0.463. The molecule has 4 nitrogen and oxygen atoms in total. The normalized spacial score (nSPS) is 11.9. The van der Waals surface area contributed by atoms with Crippen LogP contribution in [0.3, 0.4) is 0 Å². The maximum absolute atomic E-state index is 10.8. The molecule has 0 aliphatic carbocycles. The topological polar surface area (TPSA) is 55.8 Å². The van der Waals surface area contributed by atoms with Gasteiger partial charge in [0.2, 0.25) is 0 Å². The van der Waals surface area contributed by atoms with Crippen molar-refractivity contribution in [3.63, 3.8) is 0 Å². The zero-order chi connectivity index (χ0) is 10.6. The Morgan fingerprint density at radius 2 is 2.07 bits per heavy atom. The quantitative estimate of drug-likeness (QED) is 0.575. The number of hydrogen-bond donors (Lipinski definition) is 1. The molecule has 1 N–H and O–H groups in total. The Balaban J connectivity index is 2.69. The number of ether oxygens (including phenoxy) is 2. The van der Waals surface area contributed by atoms with Gasteiger partial charge in [-0.25, -0.2) is 4.79 Å². The van der Waals surface area contributed by atoms with Crippen molar-refractivity contribution in [1.29, 1.82) is 0 Å². The van der Waals surface area contributed by atoms with Crippen LogP contribution < -0.4 is 4.74 Å². The molecule has 4 heteroatoms. The number of methoxy groups -OCH3 is 1. The summed E-state index contributed by atoms with van der Waals surface area (Å²) in [5.41, 5.74) is 0.843. The van der Waals surface area contributed by atoms with E-state index < -0.39 is 12.3 Å². The molecule has 1 unspecified atom stereocenters. The zero-order valence-corrected chi connectivity index (χ0v) is 8.06. The van der Waals surface area contributed by atoms with E-state index in [0.717, 1.165) is 5.56 Å². The molecule has 0 aliphatic heterocycles. The van der Waals surface area contributed by atoms with E-state index in [4.69, 9.17) is 4.74 Å². The average molecular weight is 196 g/mol. The molecule has 0 heterocycles. The minimum Gasteiger partial charge on any atom is -0.464 e. The van der Waals surface area contributed by atoms with Gasteiger partial charge in [-0.1, -0.05) is 18.2 Å². The van der Waals surface area contributed by atoms with Crippen LogP contribution >= 0.6 is 0 Å². The fourth-order valence-electron chi connectivity index (χ4n) is 0.958. The second kappa shape index (κ2) is 4.62. The van der Waals surface area contributed by atoms with Gasteiger partial charge in [0.1, 0.15) is 5.75 Å². The van der Waals surface area contributed by atoms with Crippen molar-refractivity contribution < 1.29 is 19.4 Å².